The van der Waals surface area contributed by atoms with Crippen molar-refractivity contribution in [2.24, 2.45) is 0 Å². The van der Waals surface area contributed by atoms with E-state index >= 15 is 0 Å². The van der Waals surface area contributed by atoms with Gasteiger partial charge in [0.2, 0.25) is 0 Å². The van der Waals surface area contributed by atoms with E-state index in [1.807, 2.05) is 60.7 Å². The molecule has 0 amide bonds. The van der Waals surface area contributed by atoms with Crippen LogP contribution in [0.2, 0.25) is 0 Å². The van der Waals surface area contributed by atoms with Gasteiger partial charge in [0.05, 0.1) is 23.5 Å². The lowest BCUT2D eigenvalue weighted by Crippen LogP contribution is -2.01. The summed E-state index contributed by atoms with van der Waals surface area (Å²) < 4.78 is 52.6. The van der Waals surface area contributed by atoms with Crippen molar-refractivity contribution in [3.05, 3.63) is 206 Å². The van der Waals surface area contributed by atoms with E-state index < -0.39 is 30.2 Å². The van der Waals surface area contributed by atoms with Gasteiger partial charge in [-0.3, -0.25) is 0 Å². The Morgan fingerprint density at radius 3 is 1.63 bits per heavy atom. The summed E-state index contributed by atoms with van der Waals surface area (Å²) in [5.74, 6) is 0.437. The molecule has 0 aliphatic rings. The van der Waals surface area contributed by atoms with E-state index in [0.717, 1.165) is 54.8 Å². The molecule has 13 rings (SSSR count). The minimum absolute atomic E-state index is 0.0519. The van der Waals surface area contributed by atoms with Crippen molar-refractivity contribution in [3.8, 4) is 51.0 Å². The van der Waals surface area contributed by atoms with Crippen molar-refractivity contribution in [1.29, 1.82) is 0 Å². The summed E-state index contributed by atoms with van der Waals surface area (Å²) >= 11 is 0. The van der Waals surface area contributed by atoms with Gasteiger partial charge in [-0.05, 0) is 79.8 Å². The third-order valence-corrected chi connectivity index (χ3v) is 12.1. The van der Waals surface area contributed by atoms with Crippen LogP contribution in [0, 0.1) is 0 Å². The Morgan fingerprint density at radius 2 is 0.952 bits per heavy atom. The van der Waals surface area contributed by atoms with Gasteiger partial charge in [-0.25, -0.2) is 15.0 Å². The van der Waals surface area contributed by atoms with Crippen LogP contribution in [0.5, 0.6) is 0 Å². The molecule has 0 spiro atoms. The van der Waals surface area contributed by atoms with Crippen molar-refractivity contribution >= 4 is 76.1 Å². The molecule has 0 radical (unpaired) electrons. The van der Waals surface area contributed by atoms with Crippen LogP contribution in [-0.4, -0.2) is 19.5 Å². The topological polar surface area (TPSA) is 56.7 Å². The number of furan rings is 1. The van der Waals surface area contributed by atoms with Gasteiger partial charge in [-0.1, -0.05) is 170 Å². The fourth-order valence-corrected chi connectivity index (χ4v) is 9.41. The molecule has 0 saturated heterocycles. The molecule has 288 valence electrons. The van der Waals surface area contributed by atoms with E-state index in [2.05, 4.69) is 120 Å². The first kappa shape index (κ1) is 29.7. The van der Waals surface area contributed by atoms with Crippen LogP contribution in [-0.2, 0) is 0 Å². The first-order chi connectivity index (χ1) is 32.8. The van der Waals surface area contributed by atoms with Crippen molar-refractivity contribution < 1.29 is 11.3 Å². The number of benzene rings is 10. The maximum absolute atomic E-state index is 8.95. The summed E-state index contributed by atoms with van der Waals surface area (Å²) in [6.45, 7) is 0. The quantitative estimate of drug-likeness (QED) is 0.163. The zero-order valence-electron chi connectivity index (χ0n) is 37.9. The molecular weight excluding hydrogens is 757 g/mol. The van der Waals surface area contributed by atoms with Crippen LogP contribution < -0.4 is 0 Å². The summed E-state index contributed by atoms with van der Waals surface area (Å²) in [7, 11) is 0. The van der Waals surface area contributed by atoms with Gasteiger partial charge < -0.3 is 8.98 Å². The van der Waals surface area contributed by atoms with Gasteiger partial charge in [0.25, 0.3) is 0 Å². The van der Waals surface area contributed by atoms with Crippen molar-refractivity contribution in [1.82, 2.24) is 19.5 Å². The lowest BCUT2D eigenvalue weighted by Gasteiger charge is -2.13. The highest BCUT2D eigenvalue weighted by Crippen LogP contribution is 2.45. The predicted octanol–water partition coefficient (Wildman–Crippen LogP) is 15.0. The molecule has 5 heteroatoms. The van der Waals surface area contributed by atoms with E-state index in [-0.39, 0.29) is 23.0 Å². The molecule has 0 N–H and O–H groups in total. The lowest BCUT2D eigenvalue weighted by atomic mass is 9.91. The number of para-hydroxylation sites is 2. The second-order valence-electron chi connectivity index (χ2n) is 15.5. The van der Waals surface area contributed by atoms with Crippen molar-refractivity contribution in [2.45, 2.75) is 0 Å². The summed E-state index contributed by atoms with van der Waals surface area (Å²) in [6, 6.07) is 58.0. The van der Waals surface area contributed by atoms with Gasteiger partial charge >= 0.3 is 0 Å². The van der Waals surface area contributed by atoms with Crippen molar-refractivity contribution in [2.75, 3.05) is 0 Å². The van der Waals surface area contributed by atoms with Gasteiger partial charge in [-0.2, -0.15) is 0 Å². The standard InChI is InChI=1S/C57H34N4O/c1-3-16-35(17-4-1)55-58-56(36-18-5-2-6-19-36)60-57(59-55)49-34-38(61-50-27-13-11-24-45(50)46-25-12-14-28-51(46)61)33-48-53-39(26-15-29-52(53)62-54(48)49)37-30-31-44-42-22-8-7-20-40(42)41-21-9-10-23-43(41)47(44)32-37/h1-34H/i1D,3D,4D,16D,17D. The number of hydrogen-bond acceptors (Lipinski definition) is 4. The third-order valence-electron chi connectivity index (χ3n) is 12.1. The maximum atomic E-state index is 8.95. The smallest absolute Gasteiger partial charge is 0.167 e. The molecule has 5 nitrogen and oxygen atoms in total. The third kappa shape index (κ3) is 5.25. The lowest BCUT2D eigenvalue weighted by molar-refractivity contribution is 0.669. The van der Waals surface area contributed by atoms with Crippen LogP contribution >= 0.6 is 0 Å². The Hall–Kier alpha value is -8.41. The molecular formula is C57H34N4O. The van der Waals surface area contributed by atoms with Gasteiger partial charge in [0, 0.05) is 38.4 Å². The van der Waals surface area contributed by atoms with Crippen LogP contribution in [0.1, 0.15) is 6.85 Å². The second-order valence-corrected chi connectivity index (χ2v) is 15.5. The fourth-order valence-electron chi connectivity index (χ4n) is 9.41. The normalized spacial score (nSPS) is 13.0. The summed E-state index contributed by atoms with van der Waals surface area (Å²) in [6.07, 6.45) is 0. The summed E-state index contributed by atoms with van der Waals surface area (Å²) in [4.78, 5) is 14.9. The molecule has 10 aromatic carbocycles. The molecule has 0 unspecified atom stereocenters. The van der Waals surface area contributed by atoms with Crippen LogP contribution in [0.25, 0.3) is 127 Å². The minimum Gasteiger partial charge on any atom is -0.455 e. The molecule has 13 aromatic rings. The van der Waals surface area contributed by atoms with E-state index in [0.29, 0.717) is 22.3 Å². The highest BCUT2D eigenvalue weighted by molar-refractivity contribution is 6.26. The molecule has 3 heterocycles. The molecule has 0 bridgehead atoms. The van der Waals surface area contributed by atoms with E-state index in [9.17, 15) is 0 Å². The zero-order valence-corrected chi connectivity index (χ0v) is 32.9. The van der Waals surface area contributed by atoms with Crippen LogP contribution in [0.4, 0.5) is 0 Å². The average molecular weight is 796 g/mol. The number of fused-ring (bicyclic) bond motifs is 12. The molecule has 62 heavy (non-hydrogen) atoms. The molecule has 0 aliphatic heterocycles. The highest BCUT2D eigenvalue weighted by Gasteiger charge is 2.23. The Morgan fingerprint density at radius 1 is 0.387 bits per heavy atom. The average Bonchev–Trinajstić information content (AvgIpc) is 3.93. The largest absolute Gasteiger partial charge is 0.455 e. The zero-order chi connectivity index (χ0) is 45.1. The van der Waals surface area contributed by atoms with Gasteiger partial charge in [0.1, 0.15) is 11.2 Å². The number of nitrogens with zero attached hydrogens (tertiary/aromatic N) is 4. The first-order valence-corrected chi connectivity index (χ1v) is 20.5. The minimum atomic E-state index is -0.497. The fraction of sp³-hybridized carbons (Fsp3) is 0. The Balaban J connectivity index is 1.15. The number of hydrogen-bond donors (Lipinski definition) is 0. The Bertz CT molecular complexity index is 4120. The Kier molecular flexibility index (Phi) is 6.51. The molecule has 0 atom stereocenters. The molecule has 0 fully saturated rings. The Labute approximate surface area is 362 Å². The second kappa shape index (κ2) is 13.6. The molecule has 3 aromatic heterocycles. The molecule has 0 aliphatic carbocycles. The maximum Gasteiger partial charge on any atom is 0.167 e. The van der Waals surface area contributed by atoms with Crippen LogP contribution in [0.15, 0.2) is 211 Å². The predicted molar refractivity (Wildman–Crippen MR) is 256 cm³/mol. The van der Waals surface area contributed by atoms with E-state index in [1.165, 1.54) is 26.9 Å². The van der Waals surface area contributed by atoms with Gasteiger partial charge in [-0.15, -0.1) is 0 Å². The van der Waals surface area contributed by atoms with E-state index in [4.69, 9.17) is 26.2 Å². The molecule has 0 saturated carbocycles. The monoisotopic (exact) mass is 795 g/mol. The summed E-state index contributed by atoms with van der Waals surface area (Å²) in [5.41, 5.74) is 7.15. The van der Waals surface area contributed by atoms with Crippen molar-refractivity contribution in [3.63, 3.8) is 0 Å². The highest BCUT2D eigenvalue weighted by atomic mass is 16.3. The number of aromatic nitrogens is 4. The van der Waals surface area contributed by atoms with Crippen LogP contribution in [0.3, 0.4) is 0 Å². The summed E-state index contributed by atoms with van der Waals surface area (Å²) in [5, 5.41) is 11.1. The number of rotatable bonds is 5. The SMILES string of the molecule is [2H]c1c([2H])c([2H])c(-c2nc(-c3ccccc3)nc(-c3cc(-n4c5ccccc5c5ccccc54)cc4c3oc3cccc(-c5ccc6c7ccccc7c7ccccc7c6c5)c34)n2)c([2H])c1[2H]. The first-order valence-electron chi connectivity index (χ1n) is 23.0. The van der Waals surface area contributed by atoms with Gasteiger partial charge in [0.15, 0.2) is 17.5 Å². The van der Waals surface area contributed by atoms with E-state index in [1.54, 1.807) is 0 Å².